The van der Waals surface area contributed by atoms with Crippen LogP contribution in [0, 0.1) is 5.92 Å². The molecule has 0 bridgehead atoms. The maximum Gasteiger partial charge on any atom is 0.323 e. The molecule has 1 aliphatic rings. The smallest absolute Gasteiger partial charge is 0.323 e. The van der Waals surface area contributed by atoms with Crippen molar-refractivity contribution in [3.8, 4) is 0 Å². The Morgan fingerprint density at radius 2 is 2.00 bits per heavy atom. The van der Waals surface area contributed by atoms with Crippen molar-refractivity contribution < 1.29 is 14.3 Å². The molecule has 5 heteroatoms. The standard InChI is InChI=1S/C13H24N2O3/c1-8(2)10(11(16)15-13(3,4)5)14-9-6-7-18-12(9)17/h8-10,14H,6-7H2,1-5H3,(H,15,16)/t9-,10?/m0/s1. The molecule has 2 atom stereocenters. The van der Waals surface area contributed by atoms with E-state index in [4.69, 9.17) is 4.74 Å². The number of ether oxygens (including phenoxy) is 1. The van der Waals surface area contributed by atoms with Crippen molar-refractivity contribution in [3.05, 3.63) is 0 Å². The van der Waals surface area contributed by atoms with Gasteiger partial charge in [-0.3, -0.25) is 14.9 Å². The molecule has 0 aromatic heterocycles. The maximum atomic E-state index is 12.2. The number of hydrogen-bond acceptors (Lipinski definition) is 4. The average Bonchev–Trinajstić information content (AvgIpc) is 2.57. The highest BCUT2D eigenvalue weighted by atomic mass is 16.5. The van der Waals surface area contributed by atoms with Gasteiger partial charge in [0.1, 0.15) is 6.04 Å². The normalized spacial score (nSPS) is 21.9. The molecule has 1 unspecified atom stereocenters. The first-order valence-electron chi connectivity index (χ1n) is 6.45. The third-order valence-electron chi connectivity index (χ3n) is 2.76. The van der Waals surface area contributed by atoms with Gasteiger partial charge in [0, 0.05) is 12.0 Å². The summed E-state index contributed by atoms with van der Waals surface area (Å²) in [7, 11) is 0. The van der Waals surface area contributed by atoms with E-state index in [0.29, 0.717) is 13.0 Å². The Kier molecular flexibility index (Phi) is 4.73. The van der Waals surface area contributed by atoms with Crippen LogP contribution in [0.4, 0.5) is 0 Å². The van der Waals surface area contributed by atoms with Gasteiger partial charge >= 0.3 is 5.97 Å². The number of nitrogens with one attached hydrogen (secondary N) is 2. The molecular weight excluding hydrogens is 232 g/mol. The van der Waals surface area contributed by atoms with Crippen molar-refractivity contribution in [1.29, 1.82) is 0 Å². The van der Waals surface area contributed by atoms with E-state index in [0.717, 1.165) is 0 Å². The molecule has 1 rings (SSSR count). The number of esters is 1. The molecule has 0 aromatic rings. The summed E-state index contributed by atoms with van der Waals surface area (Å²) < 4.78 is 4.89. The summed E-state index contributed by atoms with van der Waals surface area (Å²) in [4.78, 5) is 23.6. The number of hydrogen-bond donors (Lipinski definition) is 2. The summed E-state index contributed by atoms with van der Waals surface area (Å²) in [6.07, 6.45) is 0.630. The number of carbonyl (C=O) groups excluding carboxylic acids is 2. The average molecular weight is 256 g/mol. The van der Waals surface area contributed by atoms with Crippen molar-refractivity contribution in [2.75, 3.05) is 6.61 Å². The van der Waals surface area contributed by atoms with E-state index in [1.807, 2.05) is 34.6 Å². The second-order valence-corrected chi connectivity index (χ2v) is 6.14. The maximum absolute atomic E-state index is 12.2. The number of rotatable bonds is 4. The SMILES string of the molecule is CC(C)C(N[C@H]1CCOC1=O)C(=O)NC(C)(C)C. The van der Waals surface area contributed by atoms with Crippen LogP contribution < -0.4 is 10.6 Å². The zero-order valence-corrected chi connectivity index (χ0v) is 11.9. The molecule has 0 aromatic carbocycles. The third-order valence-corrected chi connectivity index (χ3v) is 2.76. The van der Waals surface area contributed by atoms with Crippen LogP contribution in [-0.4, -0.2) is 36.1 Å². The van der Waals surface area contributed by atoms with Gasteiger partial charge in [0.05, 0.1) is 12.6 Å². The molecule has 0 aliphatic carbocycles. The Morgan fingerprint density at radius 1 is 1.39 bits per heavy atom. The van der Waals surface area contributed by atoms with Crippen LogP contribution in [0.25, 0.3) is 0 Å². The Balaban J connectivity index is 2.65. The largest absolute Gasteiger partial charge is 0.464 e. The Hall–Kier alpha value is -1.10. The number of carbonyl (C=O) groups is 2. The highest BCUT2D eigenvalue weighted by Crippen LogP contribution is 2.11. The lowest BCUT2D eigenvalue weighted by Gasteiger charge is -2.28. The molecule has 0 saturated carbocycles. The van der Waals surface area contributed by atoms with Gasteiger partial charge < -0.3 is 10.1 Å². The fraction of sp³-hybridized carbons (Fsp3) is 0.846. The van der Waals surface area contributed by atoms with E-state index in [1.54, 1.807) is 0 Å². The second-order valence-electron chi connectivity index (χ2n) is 6.14. The summed E-state index contributed by atoms with van der Waals surface area (Å²) in [6.45, 7) is 10.2. The first kappa shape index (κ1) is 15.0. The molecular formula is C13H24N2O3. The molecule has 2 N–H and O–H groups in total. The van der Waals surface area contributed by atoms with Crippen molar-refractivity contribution in [1.82, 2.24) is 10.6 Å². The van der Waals surface area contributed by atoms with Gasteiger partial charge in [-0.1, -0.05) is 13.8 Å². The number of cyclic esters (lactones) is 1. The van der Waals surface area contributed by atoms with Crippen LogP contribution >= 0.6 is 0 Å². The van der Waals surface area contributed by atoms with Gasteiger partial charge in [0.25, 0.3) is 0 Å². The predicted molar refractivity (Wildman–Crippen MR) is 69.0 cm³/mol. The van der Waals surface area contributed by atoms with E-state index >= 15 is 0 Å². The van der Waals surface area contributed by atoms with Crippen LogP contribution in [0.2, 0.25) is 0 Å². The van der Waals surface area contributed by atoms with Gasteiger partial charge in [-0.2, -0.15) is 0 Å². The molecule has 1 fully saturated rings. The zero-order chi connectivity index (χ0) is 13.9. The van der Waals surface area contributed by atoms with Crippen LogP contribution in [0.1, 0.15) is 41.0 Å². The van der Waals surface area contributed by atoms with E-state index in [-0.39, 0.29) is 35.4 Å². The molecule has 0 spiro atoms. The van der Waals surface area contributed by atoms with Crippen molar-refractivity contribution >= 4 is 11.9 Å². The van der Waals surface area contributed by atoms with Crippen LogP contribution in [0.5, 0.6) is 0 Å². The van der Waals surface area contributed by atoms with Crippen LogP contribution in [0.15, 0.2) is 0 Å². The summed E-state index contributed by atoms with van der Waals surface area (Å²) in [5.41, 5.74) is -0.276. The minimum atomic E-state index is -0.375. The third kappa shape index (κ3) is 4.29. The van der Waals surface area contributed by atoms with Gasteiger partial charge in [-0.25, -0.2) is 0 Å². The van der Waals surface area contributed by atoms with Crippen LogP contribution in [0.3, 0.4) is 0 Å². The minimum absolute atomic E-state index is 0.0720. The number of amides is 1. The van der Waals surface area contributed by atoms with Gasteiger partial charge in [0.2, 0.25) is 5.91 Å². The second kappa shape index (κ2) is 5.69. The highest BCUT2D eigenvalue weighted by molar-refractivity contribution is 5.84. The van der Waals surface area contributed by atoms with Gasteiger partial charge in [-0.05, 0) is 26.7 Å². The summed E-state index contributed by atoms with van der Waals surface area (Å²) in [6, 6.07) is -0.733. The summed E-state index contributed by atoms with van der Waals surface area (Å²) in [5, 5.41) is 6.04. The van der Waals surface area contributed by atoms with Crippen LogP contribution in [-0.2, 0) is 14.3 Å². The Bertz CT molecular complexity index is 321. The molecule has 1 heterocycles. The topological polar surface area (TPSA) is 67.4 Å². The summed E-state index contributed by atoms with van der Waals surface area (Å²) in [5.74, 6) is -0.220. The summed E-state index contributed by atoms with van der Waals surface area (Å²) >= 11 is 0. The first-order chi connectivity index (χ1) is 8.20. The van der Waals surface area contributed by atoms with Gasteiger partial charge in [0.15, 0.2) is 0 Å². The lowest BCUT2D eigenvalue weighted by atomic mass is 10.00. The molecule has 1 aliphatic heterocycles. The molecule has 18 heavy (non-hydrogen) atoms. The van der Waals surface area contributed by atoms with E-state index in [1.165, 1.54) is 0 Å². The van der Waals surface area contributed by atoms with Gasteiger partial charge in [-0.15, -0.1) is 0 Å². The predicted octanol–water partition coefficient (Wildman–Crippen LogP) is 0.831. The van der Waals surface area contributed by atoms with Crippen molar-refractivity contribution in [2.45, 2.75) is 58.7 Å². The Labute approximate surface area is 109 Å². The molecule has 5 nitrogen and oxygen atoms in total. The lowest BCUT2D eigenvalue weighted by molar-refractivity contribution is -0.140. The van der Waals surface area contributed by atoms with E-state index in [2.05, 4.69) is 10.6 Å². The fourth-order valence-corrected chi connectivity index (χ4v) is 1.88. The lowest BCUT2D eigenvalue weighted by Crippen LogP contribution is -2.55. The molecule has 1 saturated heterocycles. The monoisotopic (exact) mass is 256 g/mol. The van der Waals surface area contributed by atoms with E-state index in [9.17, 15) is 9.59 Å². The van der Waals surface area contributed by atoms with Crippen molar-refractivity contribution in [2.24, 2.45) is 5.92 Å². The fourth-order valence-electron chi connectivity index (χ4n) is 1.88. The van der Waals surface area contributed by atoms with E-state index < -0.39 is 0 Å². The zero-order valence-electron chi connectivity index (χ0n) is 11.9. The molecule has 104 valence electrons. The first-order valence-corrected chi connectivity index (χ1v) is 6.45. The molecule has 0 radical (unpaired) electrons. The Morgan fingerprint density at radius 3 is 2.39 bits per heavy atom. The van der Waals surface area contributed by atoms with Crippen molar-refractivity contribution in [3.63, 3.8) is 0 Å². The quantitative estimate of drug-likeness (QED) is 0.731. The molecule has 1 amide bonds. The minimum Gasteiger partial charge on any atom is -0.464 e. The highest BCUT2D eigenvalue weighted by Gasteiger charge is 2.33.